The highest BCUT2D eigenvalue weighted by molar-refractivity contribution is 6.09. The number of carbonyl (C=O) groups excluding carboxylic acids is 2. The molecular weight excluding hydrogens is 290 g/mol. The minimum atomic E-state index is -0.469. The Morgan fingerprint density at radius 3 is 2.52 bits per heavy atom. The first kappa shape index (κ1) is 17.0. The van der Waals surface area contributed by atoms with E-state index in [0.717, 1.165) is 5.56 Å². The van der Waals surface area contributed by atoms with Gasteiger partial charge in [-0.1, -0.05) is 56.3 Å². The highest BCUT2D eigenvalue weighted by atomic mass is 16.6. The molecule has 1 heterocycles. The molecule has 1 atom stereocenters. The Morgan fingerprint density at radius 2 is 1.96 bits per heavy atom. The topological polar surface area (TPSA) is 46.6 Å². The molecule has 4 heteroatoms. The minimum Gasteiger partial charge on any atom is -0.447 e. The fourth-order valence-electron chi connectivity index (χ4n) is 2.52. The zero-order chi connectivity index (χ0) is 17.0. The van der Waals surface area contributed by atoms with Gasteiger partial charge in [0.1, 0.15) is 6.61 Å². The molecule has 0 unspecified atom stereocenters. The molecule has 4 nitrogen and oxygen atoms in total. The first-order chi connectivity index (χ1) is 11.0. The predicted octanol–water partition coefficient (Wildman–Crippen LogP) is 4.26. The summed E-state index contributed by atoms with van der Waals surface area (Å²) in [6.07, 6.45) is 3.12. The number of carbonyl (C=O) groups is 2. The molecule has 23 heavy (non-hydrogen) atoms. The van der Waals surface area contributed by atoms with Gasteiger partial charge in [0.15, 0.2) is 0 Å². The largest absolute Gasteiger partial charge is 0.447 e. The molecule has 1 fully saturated rings. The standard InChI is InChI=1S/C19H23NO3/c1-5-14(4)18(21)16(11-13(2)3)20-17(12-23-19(20)22)15-9-7-6-8-10-15/h5-11,13,17H,12H2,1-4H3/b14-5+,16-11+/t17-/m1/s1. The fourth-order valence-corrected chi connectivity index (χ4v) is 2.52. The van der Waals surface area contributed by atoms with Gasteiger partial charge in [0.2, 0.25) is 5.78 Å². The second-order valence-electron chi connectivity index (χ2n) is 5.97. The molecule has 0 radical (unpaired) electrons. The summed E-state index contributed by atoms with van der Waals surface area (Å²) in [5.74, 6) is 0.00408. The summed E-state index contributed by atoms with van der Waals surface area (Å²) in [5, 5.41) is 0. The molecule has 0 bridgehead atoms. The molecule has 0 N–H and O–H groups in total. The maximum absolute atomic E-state index is 12.7. The van der Waals surface area contributed by atoms with E-state index >= 15 is 0 Å². The average Bonchev–Trinajstić information content (AvgIpc) is 2.93. The van der Waals surface area contributed by atoms with E-state index in [1.807, 2.05) is 57.2 Å². The van der Waals surface area contributed by atoms with Crippen molar-refractivity contribution >= 4 is 11.9 Å². The molecule has 122 valence electrons. The van der Waals surface area contributed by atoms with E-state index < -0.39 is 6.09 Å². The van der Waals surface area contributed by atoms with Crippen LogP contribution in [0.5, 0.6) is 0 Å². The number of cyclic esters (lactones) is 1. The van der Waals surface area contributed by atoms with Gasteiger partial charge in [0, 0.05) is 0 Å². The molecule has 1 amide bonds. The number of hydrogen-bond donors (Lipinski definition) is 0. The first-order valence-corrected chi connectivity index (χ1v) is 7.86. The lowest BCUT2D eigenvalue weighted by molar-refractivity contribution is -0.113. The number of Topliss-reactive ketones (excluding diaryl/α,β-unsaturated/α-hetero) is 1. The summed E-state index contributed by atoms with van der Waals surface area (Å²) in [6, 6.07) is 9.37. The van der Waals surface area contributed by atoms with Gasteiger partial charge in [0.05, 0.1) is 11.7 Å². The third kappa shape index (κ3) is 3.70. The Labute approximate surface area is 137 Å². The smallest absolute Gasteiger partial charge is 0.415 e. The summed E-state index contributed by atoms with van der Waals surface area (Å²) in [5.41, 5.74) is 1.97. The average molecular weight is 313 g/mol. The number of benzene rings is 1. The molecule has 2 rings (SSSR count). The zero-order valence-electron chi connectivity index (χ0n) is 14.1. The van der Waals surface area contributed by atoms with Crippen LogP contribution in [0.1, 0.15) is 39.3 Å². The molecule has 1 saturated heterocycles. The van der Waals surface area contributed by atoms with Gasteiger partial charge in [-0.2, -0.15) is 0 Å². The summed E-state index contributed by atoms with van der Waals surface area (Å²) in [7, 11) is 0. The van der Waals surface area contributed by atoms with Gasteiger partial charge >= 0.3 is 6.09 Å². The van der Waals surface area contributed by atoms with Crippen LogP contribution < -0.4 is 0 Å². The SMILES string of the molecule is C/C=C(\C)C(=O)/C(=C\C(C)C)N1C(=O)OC[C@@H]1c1ccccc1. The molecule has 0 aromatic heterocycles. The number of rotatable bonds is 5. The summed E-state index contributed by atoms with van der Waals surface area (Å²) >= 11 is 0. The highest BCUT2D eigenvalue weighted by Crippen LogP contribution is 2.32. The maximum Gasteiger partial charge on any atom is 0.415 e. The molecule has 1 aromatic rings. The van der Waals surface area contributed by atoms with Crippen molar-refractivity contribution in [1.82, 2.24) is 4.90 Å². The molecule has 1 aliphatic heterocycles. The first-order valence-electron chi connectivity index (χ1n) is 7.86. The number of nitrogens with zero attached hydrogens (tertiary/aromatic N) is 1. The van der Waals surface area contributed by atoms with Gasteiger partial charge in [-0.3, -0.25) is 9.69 Å². The van der Waals surface area contributed by atoms with Crippen molar-refractivity contribution in [2.24, 2.45) is 5.92 Å². The van der Waals surface area contributed by atoms with Gasteiger partial charge in [-0.05, 0) is 30.9 Å². The number of hydrogen-bond acceptors (Lipinski definition) is 3. The molecular formula is C19H23NO3. The highest BCUT2D eigenvalue weighted by Gasteiger charge is 2.39. The number of amides is 1. The van der Waals surface area contributed by atoms with Crippen LogP contribution in [-0.2, 0) is 9.53 Å². The van der Waals surface area contributed by atoms with E-state index in [1.165, 1.54) is 4.90 Å². The maximum atomic E-state index is 12.7. The number of ether oxygens (including phenoxy) is 1. The quantitative estimate of drug-likeness (QED) is 0.763. The second-order valence-corrected chi connectivity index (χ2v) is 5.97. The van der Waals surface area contributed by atoms with Crippen molar-refractivity contribution < 1.29 is 14.3 Å². The second kappa shape index (κ2) is 7.27. The van der Waals surface area contributed by atoms with Crippen LogP contribution in [0.4, 0.5) is 4.79 Å². The monoisotopic (exact) mass is 313 g/mol. The van der Waals surface area contributed by atoms with E-state index in [0.29, 0.717) is 11.3 Å². The third-order valence-electron chi connectivity index (χ3n) is 3.83. The van der Waals surface area contributed by atoms with Crippen molar-refractivity contribution in [2.75, 3.05) is 6.61 Å². The van der Waals surface area contributed by atoms with Gasteiger partial charge in [-0.25, -0.2) is 4.79 Å². The van der Waals surface area contributed by atoms with Crippen LogP contribution in [0, 0.1) is 5.92 Å². The predicted molar refractivity (Wildman–Crippen MR) is 89.7 cm³/mol. The molecule has 0 aliphatic carbocycles. The van der Waals surface area contributed by atoms with Crippen molar-refractivity contribution in [2.45, 2.75) is 33.7 Å². The lowest BCUT2D eigenvalue weighted by atomic mass is 10.0. The van der Waals surface area contributed by atoms with Crippen LogP contribution in [0.3, 0.4) is 0 Å². The molecule has 0 spiro atoms. The van der Waals surface area contributed by atoms with Gasteiger partial charge in [-0.15, -0.1) is 0 Å². The normalized spacial score (nSPS) is 19.3. The Balaban J connectivity index is 2.47. The summed E-state index contributed by atoms with van der Waals surface area (Å²) in [4.78, 5) is 26.5. The van der Waals surface area contributed by atoms with Crippen molar-refractivity contribution in [1.29, 1.82) is 0 Å². The van der Waals surface area contributed by atoms with Crippen LogP contribution in [0.25, 0.3) is 0 Å². The molecule has 1 aromatic carbocycles. The van der Waals surface area contributed by atoms with Crippen molar-refractivity contribution in [3.05, 3.63) is 59.3 Å². The Morgan fingerprint density at radius 1 is 1.30 bits per heavy atom. The lowest BCUT2D eigenvalue weighted by Crippen LogP contribution is -2.31. The molecule has 1 aliphatic rings. The van der Waals surface area contributed by atoms with Gasteiger partial charge < -0.3 is 4.74 Å². The van der Waals surface area contributed by atoms with Crippen LogP contribution in [0.15, 0.2) is 53.8 Å². The number of allylic oxidation sites excluding steroid dienone is 3. The van der Waals surface area contributed by atoms with Crippen LogP contribution >= 0.6 is 0 Å². The van der Waals surface area contributed by atoms with E-state index in [9.17, 15) is 9.59 Å². The van der Waals surface area contributed by atoms with E-state index in [1.54, 1.807) is 13.0 Å². The minimum absolute atomic E-state index is 0.138. The Kier molecular flexibility index (Phi) is 5.37. The zero-order valence-corrected chi connectivity index (χ0v) is 14.1. The summed E-state index contributed by atoms with van der Waals surface area (Å²) in [6.45, 7) is 7.79. The Hall–Kier alpha value is -2.36. The van der Waals surface area contributed by atoms with Crippen LogP contribution in [0.2, 0.25) is 0 Å². The van der Waals surface area contributed by atoms with Crippen LogP contribution in [-0.4, -0.2) is 23.4 Å². The molecule has 0 saturated carbocycles. The van der Waals surface area contributed by atoms with Crippen molar-refractivity contribution in [3.8, 4) is 0 Å². The van der Waals surface area contributed by atoms with Gasteiger partial charge in [0.25, 0.3) is 0 Å². The van der Waals surface area contributed by atoms with E-state index in [4.69, 9.17) is 4.74 Å². The Bertz CT molecular complexity index is 644. The van der Waals surface area contributed by atoms with E-state index in [2.05, 4.69) is 0 Å². The number of ketones is 1. The van der Waals surface area contributed by atoms with Crippen molar-refractivity contribution in [3.63, 3.8) is 0 Å². The third-order valence-corrected chi connectivity index (χ3v) is 3.83. The fraction of sp³-hybridized carbons (Fsp3) is 0.368. The summed E-state index contributed by atoms with van der Waals surface area (Å²) < 4.78 is 5.23. The lowest BCUT2D eigenvalue weighted by Gasteiger charge is -2.24. The van der Waals surface area contributed by atoms with E-state index in [-0.39, 0.29) is 24.3 Å².